The molecule has 1 atom stereocenters. The summed E-state index contributed by atoms with van der Waals surface area (Å²) in [6.45, 7) is 9.24. The second-order valence-electron chi connectivity index (χ2n) is 4.85. The number of ether oxygens (including phenoxy) is 1. The molecule has 1 N–H and O–H groups in total. The van der Waals surface area contributed by atoms with E-state index in [4.69, 9.17) is 4.74 Å². The molecule has 4 nitrogen and oxygen atoms in total. The van der Waals surface area contributed by atoms with E-state index in [9.17, 15) is 4.79 Å². The Bertz CT molecular complexity index is 215. The van der Waals surface area contributed by atoms with Crippen LogP contribution >= 0.6 is 0 Å². The standard InChI is InChI=1S/C13H26N2O2/c1-3-4-12(2)11-17-10-5-13(16)15-8-6-14-7-9-15/h12,14H,3-11H2,1-2H3. The number of nitrogens with zero attached hydrogens (tertiary/aromatic N) is 1. The summed E-state index contributed by atoms with van der Waals surface area (Å²) >= 11 is 0. The molecule has 0 bridgehead atoms. The van der Waals surface area contributed by atoms with Gasteiger partial charge in [-0.25, -0.2) is 0 Å². The van der Waals surface area contributed by atoms with Gasteiger partial charge < -0.3 is 15.0 Å². The summed E-state index contributed by atoms with van der Waals surface area (Å²) < 4.78 is 5.55. The highest BCUT2D eigenvalue weighted by molar-refractivity contribution is 5.76. The number of amides is 1. The smallest absolute Gasteiger partial charge is 0.224 e. The van der Waals surface area contributed by atoms with E-state index in [0.717, 1.165) is 32.8 Å². The molecule has 1 amide bonds. The van der Waals surface area contributed by atoms with E-state index in [1.54, 1.807) is 0 Å². The van der Waals surface area contributed by atoms with Crippen LogP contribution in [0.3, 0.4) is 0 Å². The highest BCUT2D eigenvalue weighted by Gasteiger charge is 2.15. The molecule has 1 unspecified atom stereocenters. The molecule has 0 saturated carbocycles. The van der Waals surface area contributed by atoms with Gasteiger partial charge in [-0.05, 0) is 12.3 Å². The van der Waals surface area contributed by atoms with Gasteiger partial charge in [0.15, 0.2) is 0 Å². The summed E-state index contributed by atoms with van der Waals surface area (Å²) in [5, 5.41) is 3.24. The van der Waals surface area contributed by atoms with Gasteiger partial charge in [0.25, 0.3) is 0 Å². The number of nitrogens with one attached hydrogen (secondary N) is 1. The molecule has 1 fully saturated rings. The van der Waals surface area contributed by atoms with Gasteiger partial charge in [-0.2, -0.15) is 0 Å². The maximum Gasteiger partial charge on any atom is 0.224 e. The van der Waals surface area contributed by atoms with Crippen molar-refractivity contribution in [3.63, 3.8) is 0 Å². The molecule has 4 heteroatoms. The molecule has 0 aromatic heterocycles. The normalized spacial score (nSPS) is 18.1. The van der Waals surface area contributed by atoms with Crippen molar-refractivity contribution in [3.8, 4) is 0 Å². The monoisotopic (exact) mass is 242 g/mol. The van der Waals surface area contributed by atoms with Crippen molar-refractivity contribution in [3.05, 3.63) is 0 Å². The minimum absolute atomic E-state index is 0.231. The lowest BCUT2D eigenvalue weighted by molar-refractivity contribution is -0.133. The van der Waals surface area contributed by atoms with Crippen LogP contribution in [-0.4, -0.2) is 50.2 Å². The van der Waals surface area contributed by atoms with Gasteiger partial charge in [0.05, 0.1) is 13.0 Å². The predicted octanol–water partition coefficient (Wildman–Crippen LogP) is 1.26. The molecule has 1 saturated heterocycles. The molecule has 1 aliphatic rings. The average molecular weight is 242 g/mol. The third kappa shape index (κ3) is 6.03. The maximum atomic E-state index is 11.8. The average Bonchev–Trinajstić information content (AvgIpc) is 2.36. The molecule has 0 aromatic carbocycles. The largest absolute Gasteiger partial charge is 0.381 e. The highest BCUT2D eigenvalue weighted by atomic mass is 16.5. The highest BCUT2D eigenvalue weighted by Crippen LogP contribution is 2.05. The van der Waals surface area contributed by atoms with E-state index in [-0.39, 0.29) is 5.91 Å². The minimum Gasteiger partial charge on any atom is -0.381 e. The predicted molar refractivity (Wildman–Crippen MR) is 69.0 cm³/mol. The Labute approximate surface area is 105 Å². The van der Waals surface area contributed by atoms with Gasteiger partial charge in [0, 0.05) is 32.8 Å². The number of rotatable bonds is 7. The quantitative estimate of drug-likeness (QED) is 0.683. The Hall–Kier alpha value is -0.610. The topological polar surface area (TPSA) is 41.6 Å². The first-order valence-electron chi connectivity index (χ1n) is 6.80. The number of hydrogen-bond acceptors (Lipinski definition) is 3. The number of carbonyl (C=O) groups excluding carboxylic acids is 1. The minimum atomic E-state index is 0.231. The van der Waals surface area contributed by atoms with Crippen LogP contribution in [-0.2, 0) is 9.53 Å². The summed E-state index contributed by atoms with van der Waals surface area (Å²) in [5.41, 5.74) is 0. The van der Waals surface area contributed by atoms with Gasteiger partial charge >= 0.3 is 0 Å². The molecule has 0 aromatic rings. The summed E-state index contributed by atoms with van der Waals surface area (Å²) in [4.78, 5) is 13.7. The Morgan fingerprint density at radius 1 is 1.41 bits per heavy atom. The Kier molecular flexibility index (Phi) is 7.21. The van der Waals surface area contributed by atoms with Crippen molar-refractivity contribution in [2.24, 2.45) is 5.92 Å². The fourth-order valence-corrected chi connectivity index (χ4v) is 2.09. The molecule has 0 radical (unpaired) electrons. The molecule has 0 spiro atoms. The van der Waals surface area contributed by atoms with Gasteiger partial charge in [-0.15, -0.1) is 0 Å². The fourth-order valence-electron chi connectivity index (χ4n) is 2.09. The van der Waals surface area contributed by atoms with Crippen molar-refractivity contribution < 1.29 is 9.53 Å². The Balaban J connectivity index is 2.03. The molecule has 1 aliphatic heterocycles. The maximum absolute atomic E-state index is 11.8. The SMILES string of the molecule is CCCC(C)COCCC(=O)N1CCNCC1. The van der Waals surface area contributed by atoms with Crippen LogP contribution in [0, 0.1) is 5.92 Å². The molecule has 17 heavy (non-hydrogen) atoms. The third-order valence-electron chi connectivity index (χ3n) is 3.11. The first-order valence-corrected chi connectivity index (χ1v) is 6.80. The van der Waals surface area contributed by atoms with E-state index in [1.807, 2.05) is 4.90 Å². The molecular formula is C13H26N2O2. The van der Waals surface area contributed by atoms with Crippen molar-refractivity contribution >= 4 is 5.91 Å². The van der Waals surface area contributed by atoms with E-state index in [2.05, 4.69) is 19.2 Å². The Morgan fingerprint density at radius 3 is 2.76 bits per heavy atom. The van der Waals surface area contributed by atoms with E-state index < -0.39 is 0 Å². The van der Waals surface area contributed by atoms with Crippen molar-refractivity contribution in [2.75, 3.05) is 39.4 Å². The molecular weight excluding hydrogens is 216 g/mol. The zero-order valence-corrected chi connectivity index (χ0v) is 11.2. The second kappa shape index (κ2) is 8.48. The van der Waals surface area contributed by atoms with Gasteiger partial charge in [-0.3, -0.25) is 4.79 Å². The molecule has 1 rings (SSSR count). The molecule has 100 valence electrons. The van der Waals surface area contributed by atoms with Crippen LogP contribution in [0.1, 0.15) is 33.1 Å². The molecule has 1 heterocycles. The van der Waals surface area contributed by atoms with Crippen LogP contribution in [0.4, 0.5) is 0 Å². The van der Waals surface area contributed by atoms with Crippen molar-refractivity contribution in [1.29, 1.82) is 0 Å². The third-order valence-corrected chi connectivity index (χ3v) is 3.11. The lowest BCUT2D eigenvalue weighted by Gasteiger charge is -2.27. The fraction of sp³-hybridized carbons (Fsp3) is 0.923. The zero-order valence-electron chi connectivity index (χ0n) is 11.2. The molecule has 0 aliphatic carbocycles. The summed E-state index contributed by atoms with van der Waals surface area (Å²) in [6.07, 6.45) is 2.93. The summed E-state index contributed by atoms with van der Waals surface area (Å²) in [6, 6.07) is 0. The van der Waals surface area contributed by atoms with E-state index in [1.165, 1.54) is 12.8 Å². The van der Waals surface area contributed by atoms with Crippen molar-refractivity contribution in [1.82, 2.24) is 10.2 Å². The first-order chi connectivity index (χ1) is 8.24. The number of carbonyl (C=O) groups is 1. The van der Waals surface area contributed by atoms with E-state index >= 15 is 0 Å². The lowest BCUT2D eigenvalue weighted by Crippen LogP contribution is -2.46. The zero-order chi connectivity index (χ0) is 12.5. The lowest BCUT2D eigenvalue weighted by atomic mass is 10.1. The summed E-state index contributed by atoms with van der Waals surface area (Å²) in [7, 11) is 0. The van der Waals surface area contributed by atoms with Crippen LogP contribution < -0.4 is 5.32 Å². The Morgan fingerprint density at radius 2 is 2.12 bits per heavy atom. The van der Waals surface area contributed by atoms with Crippen molar-refractivity contribution in [2.45, 2.75) is 33.1 Å². The number of hydrogen-bond donors (Lipinski definition) is 1. The van der Waals surface area contributed by atoms with E-state index in [0.29, 0.717) is 18.9 Å². The number of piperazine rings is 1. The summed E-state index contributed by atoms with van der Waals surface area (Å²) in [5.74, 6) is 0.837. The van der Waals surface area contributed by atoms with Crippen LogP contribution in [0.5, 0.6) is 0 Å². The van der Waals surface area contributed by atoms with Gasteiger partial charge in [0.1, 0.15) is 0 Å². The van der Waals surface area contributed by atoms with Crippen LogP contribution in [0.25, 0.3) is 0 Å². The van der Waals surface area contributed by atoms with Crippen LogP contribution in [0.15, 0.2) is 0 Å². The van der Waals surface area contributed by atoms with Gasteiger partial charge in [-0.1, -0.05) is 20.3 Å². The van der Waals surface area contributed by atoms with Crippen LogP contribution in [0.2, 0.25) is 0 Å². The second-order valence-corrected chi connectivity index (χ2v) is 4.85. The van der Waals surface area contributed by atoms with Gasteiger partial charge in [0.2, 0.25) is 5.91 Å². The first kappa shape index (κ1) is 14.5.